The first-order valence-corrected chi connectivity index (χ1v) is 21.6. The summed E-state index contributed by atoms with van der Waals surface area (Å²) >= 11 is 1.87. The minimum Gasteiger partial charge on any atom is -0.456 e. The molecular formula is C58H37NOS. The zero-order valence-electron chi connectivity index (χ0n) is 33.1. The molecule has 12 rings (SSSR count). The number of furan rings is 1. The van der Waals surface area contributed by atoms with E-state index in [1.54, 1.807) is 0 Å². The third kappa shape index (κ3) is 6.01. The molecule has 0 aliphatic rings. The van der Waals surface area contributed by atoms with Crippen LogP contribution in [0.1, 0.15) is 0 Å². The van der Waals surface area contributed by atoms with Crippen molar-refractivity contribution in [1.82, 2.24) is 0 Å². The number of nitrogens with zero attached hydrogens (tertiary/aromatic N) is 1. The summed E-state index contributed by atoms with van der Waals surface area (Å²) in [6.07, 6.45) is 0. The number of fused-ring (bicyclic) bond motifs is 7. The van der Waals surface area contributed by atoms with Crippen molar-refractivity contribution in [3.05, 3.63) is 224 Å². The SMILES string of the molecule is c1ccc(-c2cccc3cccc(-c4ccccc4N(c4ccc(-c5ccc6oc7ccccc7c6c5)cc4)c4ccc(-c5cccc6c5sc5ccccc56)cc4)c23)cc1. The number of hydrogen-bond donors (Lipinski definition) is 0. The molecule has 61 heavy (non-hydrogen) atoms. The Balaban J connectivity index is 1.02. The molecule has 0 aliphatic carbocycles. The smallest absolute Gasteiger partial charge is 0.135 e. The van der Waals surface area contributed by atoms with Crippen molar-refractivity contribution in [3.8, 4) is 44.5 Å². The minimum absolute atomic E-state index is 0.903. The summed E-state index contributed by atoms with van der Waals surface area (Å²) in [6, 6.07) is 81.3. The van der Waals surface area contributed by atoms with E-state index in [4.69, 9.17) is 4.42 Å². The Morgan fingerprint density at radius 1 is 0.344 bits per heavy atom. The Morgan fingerprint density at radius 2 is 0.918 bits per heavy atom. The van der Waals surface area contributed by atoms with Gasteiger partial charge in [0.25, 0.3) is 0 Å². The first-order chi connectivity index (χ1) is 30.2. The van der Waals surface area contributed by atoms with Crippen LogP contribution in [0.15, 0.2) is 229 Å². The highest BCUT2D eigenvalue weighted by molar-refractivity contribution is 7.26. The Labute approximate surface area is 357 Å². The molecule has 0 N–H and O–H groups in total. The number of anilines is 3. The fourth-order valence-corrected chi connectivity index (χ4v) is 10.5. The standard InChI is InChI=1S/C58H37NOS/c1-2-13-39(14-3-1)45-20-10-15-41-16-11-22-50(57(41)45)47-17-4-7-24-53(47)59(43-32-27-38(28-33-43)42-31-36-55-52(37-42)48-18-5-8-25-54(48)60-55)44-34-29-40(30-35-44)46-21-12-23-51-49-19-6-9-26-56(49)61-58(46)51/h1-37H. The van der Waals surface area contributed by atoms with Crippen molar-refractivity contribution in [1.29, 1.82) is 0 Å². The van der Waals surface area contributed by atoms with E-state index < -0.39 is 0 Å². The maximum absolute atomic E-state index is 6.16. The molecular weight excluding hydrogens is 759 g/mol. The van der Waals surface area contributed by atoms with Crippen molar-refractivity contribution < 1.29 is 4.42 Å². The highest BCUT2D eigenvalue weighted by Crippen LogP contribution is 2.46. The van der Waals surface area contributed by atoms with Crippen molar-refractivity contribution >= 4 is 81.3 Å². The largest absolute Gasteiger partial charge is 0.456 e. The zero-order chi connectivity index (χ0) is 40.3. The van der Waals surface area contributed by atoms with E-state index in [2.05, 4.69) is 217 Å². The van der Waals surface area contributed by atoms with Gasteiger partial charge in [-0.15, -0.1) is 11.3 Å². The average molecular weight is 796 g/mol. The second-order valence-electron chi connectivity index (χ2n) is 15.6. The summed E-state index contributed by atoms with van der Waals surface area (Å²) < 4.78 is 8.80. The molecule has 0 amide bonds. The van der Waals surface area contributed by atoms with E-state index in [0.29, 0.717) is 0 Å². The van der Waals surface area contributed by atoms with Gasteiger partial charge in [0.15, 0.2) is 0 Å². The van der Waals surface area contributed by atoms with Crippen LogP contribution in [0.5, 0.6) is 0 Å². The summed E-state index contributed by atoms with van der Waals surface area (Å²) in [5.74, 6) is 0. The van der Waals surface area contributed by atoms with Crippen molar-refractivity contribution in [2.24, 2.45) is 0 Å². The minimum atomic E-state index is 0.903. The van der Waals surface area contributed by atoms with Crippen LogP contribution in [-0.2, 0) is 0 Å². The quantitative estimate of drug-likeness (QED) is 0.160. The first kappa shape index (κ1) is 35.2. The summed E-state index contributed by atoms with van der Waals surface area (Å²) in [7, 11) is 0. The molecule has 286 valence electrons. The van der Waals surface area contributed by atoms with Gasteiger partial charge in [0.1, 0.15) is 11.2 Å². The van der Waals surface area contributed by atoms with E-state index in [0.717, 1.165) is 55.7 Å². The summed E-state index contributed by atoms with van der Waals surface area (Å²) in [5, 5.41) is 7.34. The molecule has 2 nitrogen and oxygen atoms in total. The molecule has 0 saturated heterocycles. The Kier molecular flexibility index (Phi) is 8.39. The van der Waals surface area contributed by atoms with Crippen LogP contribution < -0.4 is 4.90 Å². The van der Waals surface area contributed by atoms with E-state index in [1.165, 1.54) is 58.8 Å². The molecule has 0 radical (unpaired) electrons. The van der Waals surface area contributed by atoms with Crippen molar-refractivity contribution in [2.75, 3.05) is 4.90 Å². The molecule has 0 fully saturated rings. The van der Waals surface area contributed by atoms with Gasteiger partial charge in [-0.05, 0) is 104 Å². The zero-order valence-corrected chi connectivity index (χ0v) is 33.9. The predicted molar refractivity (Wildman–Crippen MR) is 261 cm³/mol. The second-order valence-corrected chi connectivity index (χ2v) is 16.7. The van der Waals surface area contributed by atoms with Gasteiger partial charge in [-0.3, -0.25) is 0 Å². The Bertz CT molecular complexity index is 3570. The lowest BCUT2D eigenvalue weighted by Crippen LogP contribution is -2.11. The van der Waals surface area contributed by atoms with Gasteiger partial charge >= 0.3 is 0 Å². The van der Waals surface area contributed by atoms with Crippen LogP contribution in [0.4, 0.5) is 17.1 Å². The molecule has 2 aromatic heterocycles. The van der Waals surface area contributed by atoms with Crippen LogP contribution >= 0.6 is 11.3 Å². The molecule has 0 aliphatic heterocycles. The molecule has 0 bridgehead atoms. The average Bonchev–Trinajstić information content (AvgIpc) is 3.91. The number of benzene rings is 10. The van der Waals surface area contributed by atoms with Crippen LogP contribution in [0.3, 0.4) is 0 Å². The van der Waals surface area contributed by atoms with Gasteiger partial charge in [0.2, 0.25) is 0 Å². The molecule has 12 aromatic rings. The van der Waals surface area contributed by atoms with Gasteiger partial charge < -0.3 is 9.32 Å². The van der Waals surface area contributed by atoms with Gasteiger partial charge in [0.05, 0.1) is 5.69 Å². The van der Waals surface area contributed by atoms with E-state index in [1.807, 2.05) is 23.5 Å². The molecule has 10 aromatic carbocycles. The molecule has 0 saturated carbocycles. The van der Waals surface area contributed by atoms with Gasteiger partial charge in [0, 0.05) is 47.9 Å². The molecule has 0 unspecified atom stereocenters. The van der Waals surface area contributed by atoms with Gasteiger partial charge in [-0.25, -0.2) is 0 Å². The summed E-state index contributed by atoms with van der Waals surface area (Å²) in [5.41, 5.74) is 14.6. The van der Waals surface area contributed by atoms with E-state index >= 15 is 0 Å². The fraction of sp³-hybridized carbons (Fsp3) is 0. The maximum Gasteiger partial charge on any atom is 0.135 e. The highest BCUT2D eigenvalue weighted by Gasteiger charge is 2.21. The van der Waals surface area contributed by atoms with E-state index in [-0.39, 0.29) is 0 Å². The van der Waals surface area contributed by atoms with Crippen molar-refractivity contribution in [3.63, 3.8) is 0 Å². The van der Waals surface area contributed by atoms with Crippen LogP contribution in [0, 0.1) is 0 Å². The van der Waals surface area contributed by atoms with Gasteiger partial charge in [-0.2, -0.15) is 0 Å². The van der Waals surface area contributed by atoms with E-state index in [9.17, 15) is 0 Å². The predicted octanol–water partition coefficient (Wildman–Crippen LogP) is 17.2. The molecule has 3 heteroatoms. The number of para-hydroxylation sites is 2. The Morgan fingerprint density at radius 3 is 1.74 bits per heavy atom. The first-order valence-electron chi connectivity index (χ1n) is 20.7. The highest BCUT2D eigenvalue weighted by atomic mass is 32.1. The summed E-state index contributed by atoms with van der Waals surface area (Å²) in [6.45, 7) is 0. The lowest BCUT2D eigenvalue weighted by Gasteiger charge is -2.29. The number of rotatable bonds is 7. The monoisotopic (exact) mass is 795 g/mol. The maximum atomic E-state index is 6.16. The van der Waals surface area contributed by atoms with Crippen molar-refractivity contribution in [2.45, 2.75) is 0 Å². The topological polar surface area (TPSA) is 16.4 Å². The number of hydrogen-bond acceptors (Lipinski definition) is 3. The number of thiophene rings is 1. The molecule has 2 heterocycles. The third-order valence-electron chi connectivity index (χ3n) is 12.1. The van der Waals surface area contributed by atoms with Gasteiger partial charge in [-0.1, -0.05) is 170 Å². The normalized spacial score (nSPS) is 11.6. The molecule has 0 atom stereocenters. The third-order valence-corrected chi connectivity index (χ3v) is 13.3. The van der Waals surface area contributed by atoms with Crippen LogP contribution in [0.2, 0.25) is 0 Å². The van der Waals surface area contributed by atoms with Crippen LogP contribution in [0.25, 0.3) is 97.4 Å². The fourth-order valence-electron chi connectivity index (χ4n) is 9.22. The second kappa shape index (κ2) is 14.5. The molecule has 0 spiro atoms. The lowest BCUT2D eigenvalue weighted by molar-refractivity contribution is 0.669. The van der Waals surface area contributed by atoms with Crippen LogP contribution in [-0.4, -0.2) is 0 Å². The summed E-state index contributed by atoms with van der Waals surface area (Å²) in [4.78, 5) is 2.42. The Hall–Kier alpha value is -7.72. The lowest BCUT2D eigenvalue weighted by atomic mass is 9.90.